The van der Waals surface area contributed by atoms with Crippen LogP contribution in [0.5, 0.6) is 0 Å². The number of nitrogens with one attached hydrogen (secondary N) is 1. The van der Waals surface area contributed by atoms with Crippen LogP contribution in [0.4, 0.5) is 18.9 Å². The molecule has 0 bridgehead atoms. The first kappa shape index (κ1) is 22.7. The van der Waals surface area contributed by atoms with Gasteiger partial charge in [-0.15, -0.1) is 0 Å². The monoisotopic (exact) mass is 422 g/mol. The molecule has 3 rings (SSSR count). The zero-order valence-corrected chi connectivity index (χ0v) is 16.8. The van der Waals surface area contributed by atoms with E-state index in [0.29, 0.717) is 5.56 Å². The van der Waals surface area contributed by atoms with Gasteiger partial charge >= 0.3 is 12.1 Å². The Morgan fingerprint density at radius 2 is 1.67 bits per heavy atom. The second kappa shape index (κ2) is 8.85. The van der Waals surface area contributed by atoms with E-state index in [1.807, 2.05) is 79.8 Å². The zero-order valence-electron chi connectivity index (χ0n) is 16.8. The maximum absolute atomic E-state index is 12.3. The lowest BCUT2D eigenvalue weighted by Gasteiger charge is -2.08. The van der Waals surface area contributed by atoms with Crippen molar-refractivity contribution in [3.8, 4) is 5.69 Å². The molecule has 30 heavy (non-hydrogen) atoms. The van der Waals surface area contributed by atoms with E-state index in [0.717, 1.165) is 28.5 Å². The Balaban J connectivity index is 0.000000396. The van der Waals surface area contributed by atoms with Crippen LogP contribution in [0.2, 0.25) is 0 Å². The minimum Gasteiger partial charge on any atom is -0.475 e. The number of halogens is 3. The van der Waals surface area contributed by atoms with Gasteiger partial charge in [0, 0.05) is 36.0 Å². The van der Waals surface area contributed by atoms with E-state index < -0.39 is 12.1 Å². The van der Waals surface area contributed by atoms with Crippen LogP contribution < -0.4 is 5.32 Å². The van der Waals surface area contributed by atoms with Crippen molar-refractivity contribution in [2.45, 2.75) is 26.9 Å². The lowest BCUT2D eigenvalue weighted by Crippen LogP contribution is -2.21. The van der Waals surface area contributed by atoms with Crippen LogP contribution in [-0.4, -0.2) is 37.3 Å². The maximum atomic E-state index is 12.3. The summed E-state index contributed by atoms with van der Waals surface area (Å²) in [7, 11) is 1.93. The first-order valence-electron chi connectivity index (χ1n) is 8.75. The van der Waals surface area contributed by atoms with Crippen molar-refractivity contribution in [2.75, 3.05) is 5.32 Å². The fraction of sp³-hybridized carbons (Fsp3) is 0.250. The zero-order chi connectivity index (χ0) is 22.6. The summed E-state index contributed by atoms with van der Waals surface area (Å²) in [5.41, 5.74) is 5.64. The molecule has 2 N–H and O–H groups in total. The number of hydrogen-bond donors (Lipinski definition) is 2. The molecule has 0 aliphatic rings. The van der Waals surface area contributed by atoms with Crippen LogP contribution in [0.3, 0.4) is 0 Å². The molecule has 0 aliphatic heterocycles. The third-order valence-corrected chi connectivity index (χ3v) is 4.41. The smallest absolute Gasteiger partial charge is 0.475 e. The predicted molar refractivity (Wildman–Crippen MR) is 105 cm³/mol. The number of alkyl halides is 3. The van der Waals surface area contributed by atoms with Crippen LogP contribution in [0.25, 0.3) is 5.69 Å². The Morgan fingerprint density at radius 3 is 2.07 bits per heavy atom. The van der Waals surface area contributed by atoms with E-state index in [4.69, 9.17) is 9.90 Å². The Bertz CT molecular complexity index is 1030. The van der Waals surface area contributed by atoms with E-state index >= 15 is 0 Å². The van der Waals surface area contributed by atoms with Crippen LogP contribution in [0, 0.1) is 20.8 Å². The predicted octanol–water partition coefficient (Wildman–Crippen LogP) is 4.02. The molecule has 0 saturated carbocycles. The number of imidazole rings is 1. The number of carbonyl (C=O) groups excluding carboxylic acids is 1. The average molecular weight is 422 g/mol. The molecule has 2 aromatic heterocycles. The number of hydrogen-bond acceptors (Lipinski definition) is 3. The number of aromatic nitrogens is 3. The lowest BCUT2D eigenvalue weighted by molar-refractivity contribution is -0.192. The Hall–Kier alpha value is -3.56. The van der Waals surface area contributed by atoms with Gasteiger partial charge in [0.2, 0.25) is 0 Å². The molecule has 0 atom stereocenters. The molecule has 0 spiro atoms. The second-order valence-electron chi connectivity index (χ2n) is 6.57. The number of rotatable bonds is 3. The summed E-state index contributed by atoms with van der Waals surface area (Å²) in [6, 6.07) is 9.62. The van der Waals surface area contributed by atoms with E-state index in [2.05, 4.69) is 10.3 Å². The van der Waals surface area contributed by atoms with Gasteiger partial charge in [0.15, 0.2) is 0 Å². The Kier molecular flexibility index (Phi) is 6.70. The molecule has 160 valence electrons. The molecule has 0 fully saturated rings. The highest BCUT2D eigenvalue weighted by atomic mass is 19.4. The Morgan fingerprint density at radius 1 is 1.10 bits per heavy atom. The van der Waals surface area contributed by atoms with E-state index in [1.165, 1.54) is 0 Å². The maximum Gasteiger partial charge on any atom is 0.490 e. The highest BCUT2D eigenvalue weighted by Crippen LogP contribution is 2.18. The van der Waals surface area contributed by atoms with Gasteiger partial charge in [0.25, 0.3) is 5.91 Å². The van der Waals surface area contributed by atoms with Crippen molar-refractivity contribution < 1.29 is 27.9 Å². The fourth-order valence-electron chi connectivity index (χ4n) is 2.47. The number of carbonyl (C=O) groups is 2. The topological polar surface area (TPSA) is 89.2 Å². The lowest BCUT2D eigenvalue weighted by atomic mass is 10.2. The van der Waals surface area contributed by atoms with Gasteiger partial charge in [-0.3, -0.25) is 4.79 Å². The molecular formula is C20H21F3N4O3. The number of anilines is 1. The number of amides is 1. The molecule has 3 aromatic rings. The van der Waals surface area contributed by atoms with Crippen molar-refractivity contribution >= 4 is 17.6 Å². The van der Waals surface area contributed by atoms with Gasteiger partial charge < -0.3 is 19.6 Å². The molecule has 7 nitrogen and oxygen atoms in total. The number of carboxylic acid groups (broad SMARTS) is 1. The first-order valence-corrected chi connectivity index (χ1v) is 8.75. The Labute approximate surface area is 170 Å². The van der Waals surface area contributed by atoms with Crippen molar-refractivity contribution in [1.82, 2.24) is 14.1 Å². The molecule has 1 aromatic carbocycles. The van der Waals surface area contributed by atoms with Gasteiger partial charge in [-0.2, -0.15) is 13.2 Å². The third kappa shape index (κ3) is 5.49. The van der Waals surface area contributed by atoms with Crippen LogP contribution >= 0.6 is 0 Å². The number of nitrogens with zero attached hydrogens (tertiary/aromatic N) is 3. The van der Waals surface area contributed by atoms with E-state index in [9.17, 15) is 18.0 Å². The summed E-state index contributed by atoms with van der Waals surface area (Å²) in [5.74, 6) is -2.86. The van der Waals surface area contributed by atoms with E-state index in [1.54, 1.807) is 0 Å². The third-order valence-electron chi connectivity index (χ3n) is 4.41. The molecule has 0 aliphatic carbocycles. The number of benzene rings is 1. The highest BCUT2D eigenvalue weighted by molar-refractivity contribution is 6.04. The SMILES string of the molecule is Cc1ncn(-c2ccc(NC(=O)c3cc(C)n(C)c3)cc2)c1C.O=C(O)C(F)(F)F. The summed E-state index contributed by atoms with van der Waals surface area (Å²) in [5, 5.41) is 10.0. The van der Waals surface area contributed by atoms with E-state index in [-0.39, 0.29) is 5.91 Å². The molecule has 0 saturated heterocycles. The standard InChI is InChI=1S/C18H20N4O.C2HF3O2/c1-12-9-15(10-21(12)4)18(23)20-16-5-7-17(8-6-16)22-11-19-13(2)14(22)3;3-2(4,5)1(6)7/h5-11H,1-4H3,(H,20,23);(H,6,7). The number of aryl methyl sites for hydroxylation is 3. The minimum absolute atomic E-state index is 0.101. The summed E-state index contributed by atoms with van der Waals surface area (Å²) < 4.78 is 35.7. The van der Waals surface area contributed by atoms with Crippen molar-refractivity contribution in [1.29, 1.82) is 0 Å². The van der Waals surface area contributed by atoms with Crippen molar-refractivity contribution in [2.24, 2.45) is 7.05 Å². The number of carboxylic acids is 1. The summed E-state index contributed by atoms with van der Waals surface area (Å²) in [6.07, 6.45) is -1.44. The molecule has 0 unspecified atom stereocenters. The molecule has 0 radical (unpaired) electrons. The summed E-state index contributed by atoms with van der Waals surface area (Å²) in [6.45, 7) is 6.00. The molecule has 1 amide bonds. The van der Waals surface area contributed by atoms with Gasteiger partial charge in [-0.1, -0.05) is 0 Å². The van der Waals surface area contributed by atoms with Crippen molar-refractivity contribution in [3.05, 3.63) is 65.5 Å². The average Bonchev–Trinajstić information content (AvgIpc) is 3.18. The van der Waals surface area contributed by atoms with Crippen molar-refractivity contribution in [3.63, 3.8) is 0 Å². The fourth-order valence-corrected chi connectivity index (χ4v) is 2.47. The minimum atomic E-state index is -5.08. The van der Waals surface area contributed by atoms with Gasteiger partial charge in [-0.05, 0) is 51.1 Å². The molecular weight excluding hydrogens is 401 g/mol. The summed E-state index contributed by atoms with van der Waals surface area (Å²) >= 11 is 0. The van der Waals surface area contributed by atoms with Gasteiger partial charge in [-0.25, -0.2) is 9.78 Å². The number of aliphatic carboxylic acids is 1. The normalized spacial score (nSPS) is 10.9. The van der Waals surface area contributed by atoms with Gasteiger partial charge in [0.05, 0.1) is 17.6 Å². The van der Waals surface area contributed by atoms with Crippen LogP contribution in [0.15, 0.2) is 42.9 Å². The van der Waals surface area contributed by atoms with Crippen LogP contribution in [0.1, 0.15) is 27.4 Å². The highest BCUT2D eigenvalue weighted by Gasteiger charge is 2.38. The first-order chi connectivity index (χ1) is 13.9. The van der Waals surface area contributed by atoms with Gasteiger partial charge in [0.1, 0.15) is 0 Å². The largest absolute Gasteiger partial charge is 0.490 e. The summed E-state index contributed by atoms with van der Waals surface area (Å²) in [4.78, 5) is 25.5. The molecule has 10 heteroatoms. The quantitative estimate of drug-likeness (QED) is 0.667. The second-order valence-corrected chi connectivity index (χ2v) is 6.57. The molecule has 2 heterocycles. The van der Waals surface area contributed by atoms with Crippen LogP contribution in [-0.2, 0) is 11.8 Å².